The van der Waals surface area contributed by atoms with Gasteiger partial charge in [-0.25, -0.2) is 4.79 Å². The topological polar surface area (TPSA) is 58.6 Å². The summed E-state index contributed by atoms with van der Waals surface area (Å²) < 4.78 is 7.47. The van der Waals surface area contributed by atoms with E-state index in [9.17, 15) is 4.79 Å². The van der Waals surface area contributed by atoms with Crippen molar-refractivity contribution in [3.63, 3.8) is 0 Å². The lowest BCUT2D eigenvalue weighted by atomic mass is 10.1. The molecule has 0 spiro atoms. The van der Waals surface area contributed by atoms with Gasteiger partial charge in [-0.3, -0.25) is 0 Å². The summed E-state index contributed by atoms with van der Waals surface area (Å²) in [6.07, 6.45) is 0. The van der Waals surface area contributed by atoms with Gasteiger partial charge in [0.15, 0.2) is 0 Å². The lowest BCUT2D eigenvalue weighted by molar-refractivity contribution is 0.0697. The van der Waals surface area contributed by atoms with Gasteiger partial charge in [-0.15, -0.1) is 0 Å². The molecule has 122 valence electrons. The molecule has 0 aliphatic carbocycles. The van der Waals surface area contributed by atoms with Crippen molar-refractivity contribution in [1.29, 1.82) is 0 Å². The lowest BCUT2D eigenvalue weighted by Gasteiger charge is -2.14. The largest absolute Gasteiger partial charge is 0.492 e. The maximum atomic E-state index is 11.0. The molecule has 4 nitrogen and oxygen atoms in total. The Kier molecular flexibility index (Phi) is 6.33. The predicted octanol–water partition coefficient (Wildman–Crippen LogP) is 5.57. The number of hydrogen-bond donors (Lipinski definition) is 2. The first kappa shape index (κ1) is 18.1. The highest BCUT2D eigenvalue weighted by molar-refractivity contribution is 9.11. The Bertz CT molecular complexity index is 738. The van der Waals surface area contributed by atoms with Gasteiger partial charge >= 0.3 is 5.97 Å². The van der Waals surface area contributed by atoms with Crippen LogP contribution in [0, 0.1) is 0 Å². The van der Waals surface area contributed by atoms with E-state index in [-0.39, 0.29) is 10.6 Å². The molecule has 0 atom stereocenters. The normalized spacial score (nSPS) is 10.4. The molecule has 0 amide bonds. The number of rotatable bonds is 6. The van der Waals surface area contributed by atoms with E-state index in [1.165, 1.54) is 6.07 Å². The number of aromatic carboxylic acids is 1. The fourth-order valence-electron chi connectivity index (χ4n) is 2.05. The molecule has 0 saturated heterocycles. The van der Waals surface area contributed by atoms with Gasteiger partial charge in [0.2, 0.25) is 0 Å². The van der Waals surface area contributed by atoms with Gasteiger partial charge in [0.05, 0.1) is 21.7 Å². The number of halogens is 3. The van der Waals surface area contributed by atoms with E-state index in [0.29, 0.717) is 13.2 Å². The van der Waals surface area contributed by atoms with Crippen molar-refractivity contribution in [3.8, 4) is 5.75 Å². The standard InChI is InChI=1S/C16H14Br2ClNO3/c1-2-23-15-9(5-10(17)6-13(15)18)8-20-11-3-4-12(16(21)22)14(19)7-11/h3-7,20H,2,8H2,1H3,(H,21,22). The summed E-state index contributed by atoms with van der Waals surface area (Å²) in [4.78, 5) is 11.0. The third kappa shape index (κ3) is 4.62. The third-order valence-electron chi connectivity index (χ3n) is 3.06. The van der Waals surface area contributed by atoms with Gasteiger partial charge in [0.25, 0.3) is 0 Å². The van der Waals surface area contributed by atoms with E-state index >= 15 is 0 Å². The van der Waals surface area contributed by atoms with Gasteiger partial charge in [0.1, 0.15) is 5.75 Å². The summed E-state index contributed by atoms with van der Waals surface area (Å²) >= 11 is 12.9. The van der Waals surface area contributed by atoms with Crippen LogP contribution in [-0.4, -0.2) is 17.7 Å². The summed E-state index contributed by atoms with van der Waals surface area (Å²) in [6.45, 7) is 3.00. The number of anilines is 1. The zero-order valence-electron chi connectivity index (χ0n) is 12.2. The second kappa shape index (κ2) is 8.04. The summed E-state index contributed by atoms with van der Waals surface area (Å²) in [7, 11) is 0. The number of hydrogen-bond acceptors (Lipinski definition) is 3. The fourth-order valence-corrected chi connectivity index (χ4v) is 3.74. The Morgan fingerprint density at radius 2 is 2.04 bits per heavy atom. The van der Waals surface area contributed by atoms with Gasteiger partial charge in [-0.2, -0.15) is 0 Å². The molecule has 0 aromatic heterocycles. The molecular formula is C16H14Br2ClNO3. The van der Waals surface area contributed by atoms with E-state index in [1.807, 2.05) is 19.1 Å². The fraction of sp³-hybridized carbons (Fsp3) is 0.188. The third-order valence-corrected chi connectivity index (χ3v) is 4.42. The van der Waals surface area contributed by atoms with Crippen LogP contribution in [0.1, 0.15) is 22.8 Å². The van der Waals surface area contributed by atoms with E-state index < -0.39 is 5.97 Å². The molecule has 2 rings (SSSR count). The molecule has 0 saturated carbocycles. The maximum absolute atomic E-state index is 11.0. The number of carboxylic acids is 1. The number of nitrogens with one attached hydrogen (secondary N) is 1. The molecule has 7 heteroatoms. The molecule has 2 aromatic carbocycles. The van der Waals surface area contributed by atoms with Crippen LogP contribution >= 0.6 is 43.5 Å². The van der Waals surface area contributed by atoms with Crippen molar-refractivity contribution < 1.29 is 14.6 Å². The molecule has 2 aromatic rings. The monoisotopic (exact) mass is 461 g/mol. The molecule has 0 fully saturated rings. The Morgan fingerprint density at radius 3 is 2.65 bits per heavy atom. The first-order chi connectivity index (χ1) is 10.9. The van der Waals surface area contributed by atoms with Crippen LogP contribution < -0.4 is 10.1 Å². The average Bonchev–Trinajstić information content (AvgIpc) is 2.47. The van der Waals surface area contributed by atoms with Crippen molar-refractivity contribution in [2.24, 2.45) is 0 Å². The molecule has 0 aliphatic heterocycles. The van der Waals surface area contributed by atoms with Crippen LogP contribution in [0.3, 0.4) is 0 Å². The first-order valence-electron chi connectivity index (χ1n) is 6.79. The van der Waals surface area contributed by atoms with Crippen molar-refractivity contribution in [2.75, 3.05) is 11.9 Å². The van der Waals surface area contributed by atoms with Crippen LogP contribution in [0.2, 0.25) is 5.02 Å². The van der Waals surface area contributed by atoms with Gasteiger partial charge < -0.3 is 15.2 Å². The minimum Gasteiger partial charge on any atom is -0.492 e. The summed E-state index contributed by atoms with van der Waals surface area (Å²) in [6, 6.07) is 8.65. The first-order valence-corrected chi connectivity index (χ1v) is 8.76. The molecule has 0 unspecified atom stereocenters. The molecule has 0 radical (unpaired) electrons. The molecule has 0 heterocycles. The molecular weight excluding hydrogens is 449 g/mol. The molecule has 0 bridgehead atoms. The highest BCUT2D eigenvalue weighted by Crippen LogP contribution is 2.33. The number of carboxylic acid groups (broad SMARTS) is 1. The summed E-state index contributed by atoms with van der Waals surface area (Å²) in [5, 5.41) is 12.4. The Hall–Kier alpha value is -1.24. The second-order valence-corrected chi connectivity index (χ2v) is 6.84. The summed E-state index contributed by atoms with van der Waals surface area (Å²) in [5.41, 5.74) is 1.78. The van der Waals surface area contributed by atoms with Crippen molar-refractivity contribution in [1.82, 2.24) is 0 Å². The van der Waals surface area contributed by atoms with Gasteiger partial charge in [-0.1, -0.05) is 27.5 Å². The quantitative estimate of drug-likeness (QED) is 0.588. The van der Waals surface area contributed by atoms with E-state index in [2.05, 4.69) is 37.2 Å². The van der Waals surface area contributed by atoms with Crippen molar-refractivity contribution >= 4 is 55.1 Å². The molecule has 0 aliphatic rings. The minimum atomic E-state index is -1.05. The highest BCUT2D eigenvalue weighted by Gasteiger charge is 2.12. The maximum Gasteiger partial charge on any atom is 0.337 e. The number of ether oxygens (including phenoxy) is 1. The van der Waals surface area contributed by atoms with Gasteiger partial charge in [-0.05, 0) is 53.2 Å². The van der Waals surface area contributed by atoms with Crippen molar-refractivity contribution in [2.45, 2.75) is 13.5 Å². The van der Waals surface area contributed by atoms with Crippen molar-refractivity contribution in [3.05, 3.63) is 55.4 Å². The number of benzene rings is 2. The van der Waals surface area contributed by atoms with E-state index in [0.717, 1.165) is 25.9 Å². The Morgan fingerprint density at radius 1 is 1.30 bits per heavy atom. The highest BCUT2D eigenvalue weighted by atomic mass is 79.9. The SMILES string of the molecule is CCOc1c(Br)cc(Br)cc1CNc1ccc(C(=O)O)c(Cl)c1. The lowest BCUT2D eigenvalue weighted by Crippen LogP contribution is -2.05. The van der Waals surface area contributed by atoms with E-state index in [1.54, 1.807) is 12.1 Å². The molecule has 23 heavy (non-hydrogen) atoms. The predicted molar refractivity (Wildman–Crippen MR) is 98.7 cm³/mol. The Labute approximate surface area is 156 Å². The van der Waals surface area contributed by atoms with Crippen LogP contribution in [-0.2, 0) is 6.54 Å². The van der Waals surface area contributed by atoms with E-state index in [4.69, 9.17) is 21.4 Å². The number of carbonyl (C=O) groups is 1. The van der Waals surface area contributed by atoms with Crippen LogP contribution in [0.5, 0.6) is 5.75 Å². The average molecular weight is 464 g/mol. The van der Waals surface area contributed by atoms with Crippen LogP contribution in [0.25, 0.3) is 0 Å². The van der Waals surface area contributed by atoms with Crippen LogP contribution in [0.15, 0.2) is 39.3 Å². The zero-order valence-corrected chi connectivity index (χ0v) is 16.1. The smallest absolute Gasteiger partial charge is 0.337 e. The van der Waals surface area contributed by atoms with Crippen LogP contribution in [0.4, 0.5) is 5.69 Å². The summed E-state index contributed by atoms with van der Waals surface area (Å²) in [5.74, 6) is -0.271. The second-order valence-electron chi connectivity index (χ2n) is 4.66. The molecule has 2 N–H and O–H groups in total. The minimum absolute atomic E-state index is 0.0809. The Balaban J connectivity index is 2.21. The zero-order chi connectivity index (χ0) is 17.0. The van der Waals surface area contributed by atoms with Gasteiger partial charge in [0, 0.05) is 22.3 Å².